The second-order valence-corrected chi connectivity index (χ2v) is 7.36. The number of rotatable bonds is 4. The standard InChI is InChI=1S/C16H24N4O2S/c17-14(21)11-19-8-4-12(5-9-19)16(22)20-7-2-1-3-13(20)15-18-6-10-23-15/h6,10,12-13H,1-5,7-9,11H2,(H2,17,21)/t13-/m1/s1. The number of hydrogen-bond donors (Lipinski definition) is 1. The van der Waals surface area contributed by atoms with E-state index in [4.69, 9.17) is 5.73 Å². The SMILES string of the molecule is NC(=O)CN1CCC(C(=O)N2CCCC[C@@H]2c2nccs2)CC1. The van der Waals surface area contributed by atoms with Crippen molar-refractivity contribution < 1.29 is 9.59 Å². The summed E-state index contributed by atoms with van der Waals surface area (Å²) in [5.41, 5.74) is 5.25. The Morgan fingerprint density at radius 1 is 1.22 bits per heavy atom. The molecule has 7 heteroatoms. The van der Waals surface area contributed by atoms with Gasteiger partial charge in [-0.3, -0.25) is 14.5 Å². The van der Waals surface area contributed by atoms with Crippen LogP contribution >= 0.6 is 11.3 Å². The van der Waals surface area contributed by atoms with Gasteiger partial charge in [-0.1, -0.05) is 0 Å². The average Bonchev–Trinajstić information content (AvgIpc) is 3.09. The Bertz CT molecular complexity index is 540. The number of aromatic nitrogens is 1. The lowest BCUT2D eigenvalue weighted by atomic mass is 9.92. The first-order chi connectivity index (χ1) is 11.1. The maximum Gasteiger partial charge on any atom is 0.231 e. The Balaban J connectivity index is 1.61. The van der Waals surface area contributed by atoms with Gasteiger partial charge < -0.3 is 10.6 Å². The first kappa shape index (κ1) is 16.4. The van der Waals surface area contributed by atoms with Gasteiger partial charge in [-0.2, -0.15) is 0 Å². The van der Waals surface area contributed by atoms with Crippen LogP contribution in [-0.2, 0) is 9.59 Å². The fourth-order valence-electron chi connectivity index (χ4n) is 3.64. The van der Waals surface area contributed by atoms with E-state index in [0.29, 0.717) is 6.54 Å². The molecule has 0 unspecified atom stereocenters. The topological polar surface area (TPSA) is 79.5 Å². The summed E-state index contributed by atoms with van der Waals surface area (Å²) in [6.07, 6.45) is 6.69. The smallest absolute Gasteiger partial charge is 0.231 e. The summed E-state index contributed by atoms with van der Waals surface area (Å²) in [5, 5.41) is 3.04. The molecule has 0 radical (unpaired) electrons. The van der Waals surface area contributed by atoms with Gasteiger partial charge in [-0.15, -0.1) is 11.3 Å². The fraction of sp³-hybridized carbons (Fsp3) is 0.688. The first-order valence-electron chi connectivity index (χ1n) is 8.35. The van der Waals surface area contributed by atoms with Crippen LogP contribution in [0.2, 0.25) is 0 Å². The summed E-state index contributed by atoms with van der Waals surface area (Å²) in [7, 11) is 0. The van der Waals surface area contributed by atoms with Gasteiger partial charge in [0.2, 0.25) is 11.8 Å². The molecule has 6 nitrogen and oxygen atoms in total. The van der Waals surface area contributed by atoms with Crippen LogP contribution in [0.5, 0.6) is 0 Å². The molecular formula is C16H24N4O2S. The Morgan fingerprint density at radius 2 is 2.00 bits per heavy atom. The second-order valence-electron chi connectivity index (χ2n) is 6.43. The predicted octanol–water partition coefficient (Wildman–Crippen LogP) is 1.39. The summed E-state index contributed by atoms with van der Waals surface area (Å²) < 4.78 is 0. The van der Waals surface area contributed by atoms with Crippen LogP contribution in [0.15, 0.2) is 11.6 Å². The second kappa shape index (κ2) is 7.40. The summed E-state index contributed by atoms with van der Waals surface area (Å²) in [6.45, 7) is 2.68. The van der Waals surface area contributed by atoms with Gasteiger partial charge in [0, 0.05) is 24.0 Å². The van der Waals surface area contributed by atoms with E-state index in [1.54, 1.807) is 11.3 Å². The number of thiazole rings is 1. The number of primary amides is 1. The van der Waals surface area contributed by atoms with Crippen molar-refractivity contribution in [2.24, 2.45) is 11.7 Å². The monoisotopic (exact) mass is 336 g/mol. The molecule has 0 aliphatic carbocycles. The van der Waals surface area contributed by atoms with E-state index in [1.165, 1.54) is 0 Å². The molecule has 2 saturated heterocycles. The highest BCUT2D eigenvalue weighted by molar-refractivity contribution is 7.09. The van der Waals surface area contributed by atoms with Gasteiger partial charge >= 0.3 is 0 Å². The van der Waals surface area contributed by atoms with Crippen molar-refractivity contribution in [3.05, 3.63) is 16.6 Å². The minimum Gasteiger partial charge on any atom is -0.369 e. The van der Waals surface area contributed by atoms with Crippen LogP contribution in [0.3, 0.4) is 0 Å². The molecule has 0 aromatic carbocycles. The number of nitrogens with zero attached hydrogens (tertiary/aromatic N) is 3. The van der Waals surface area contributed by atoms with Crippen LogP contribution in [0.4, 0.5) is 0 Å². The number of carbonyl (C=O) groups excluding carboxylic acids is 2. The van der Waals surface area contributed by atoms with E-state index < -0.39 is 0 Å². The normalized spacial score (nSPS) is 23.8. The quantitative estimate of drug-likeness (QED) is 0.901. The van der Waals surface area contributed by atoms with Gasteiger partial charge in [-0.25, -0.2) is 4.98 Å². The third-order valence-electron chi connectivity index (χ3n) is 4.84. The lowest BCUT2D eigenvalue weighted by Crippen LogP contribution is -2.46. The van der Waals surface area contributed by atoms with Crippen molar-refractivity contribution in [3.63, 3.8) is 0 Å². The maximum absolute atomic E-state index is 13.0. The summed E-state index contributed by atoms with van der Waals surface area (Å²) in [5.74, 6) is 0.0398. The van der Waals surface area contributed by atoms with Crippen molar-refractivity contribution >= 4 is 23.2 Å². The predicted molar refractivity (Wildman–Crippen MR) is 88.8 cm³/mol. The molecule has 1 atom stereocenters. The zero-order valence-corrected chi connectivity index (χ0v) is 14.1. The molecule has 2 aliphatic heterocycles. The van der Waals surface area contributed by atoms with Crippen molar-refractivity contribution in [3.8, 4) is 0 Å². The molecule has 2 N–H and O–H groups in total. The molecule has 2 aliphatic rings. The number of piperidine rings is 2. The van der Waals surface area contributed by atoms with Gasteiger partial charge in [0.25, 0.3) is 0 Å². The molecule has 1 aromatic rings. The minimum atomic E-state index is -0.297. The Labute approximate surface area is 140 Å². The molecule has 3 heterocycles. The summed E-state index contributed by atoms with van der Waals surface area (Å²) >= 11 is 1.64. The van der Waals surface area contributed by atoms with E-state index >= 15 is 0 Å². The molecule has 0 bridgehead atoms. The lowest BCUT2D eigenvalue weighted by molar-refractivity contribution is -0.141. The van der Waals surface area contributed by atoms with Gasteiger partial charge in [0.15, 0.2) is 0 Å². The van der Waals surface area contributed by atoms with Crippen LogP contribution in [-0.4, -0.2) is 52.8 Å². The minimum absolute atomic E-state index is 0.0692. The Morgan fingerprint density at radius 3 is 2.65 bits per heavy atom. The summed E-state index contributed by atoms with van der Waals surface area (Å²) in [6, 6.07) is 0.153. The van der Waals surface area contributed by atoms with Gasteiger partial charge in [0.1, 0.15) is 5.01 Å². The van der Waals surface area contributed by atoms with Crippen LogP contribution in [0.25, 0.3) is 0 Å². The van der Waals surface area contributed by atoms with Crippen molar-refractivity contribution in [2.45, 2.75) is 38.1 Å². The molecule has 2 amide bonds. The number of carbonyl (C=O) groups is 2. The van der Waals surface area contributed by atoms with Crippen LogP contribution in [0.1, 0.15) is 43.2 Å². The molecule has 1 aromatic heterocycles. The maximum atomic E-state index is 13.0. The zero-order valence-electron chi connectivity index (χ0n) is 13.3. The number of hydrogen-bond acceptors (Lipinski definition) is 5. The Kier molecular flexibility index (Phi) is 5.27. The highest BCUT2D eigenvalue weighted by atomic mass is 32.1. The third-order valence-corrected chi connectivity index (χ3v) is 5.72. The van der Waals surface area contributed by atoms with Crippen LogP contribution < -0.4 is 5.73 Å². The van der Waals surface area contributed by atoms with E-state index in [1.807, 2.05) is 16.5 Å². The highest BCUT2D eigenvalue weighted by Crippen LogP contribution is 2.34. The Hall–Kier alpha value is -1.47. The number of amides is 2. The molecule has 2 fully saturated rings. The van der Waals surface area contributed by atoms with Crippen molar-refractivity contribution in [1.29, 1.82) is 0 Å². The van der Waals surface area contributed by atoms with Gasteiger partial charge in [0.05, 0.1) is 12.6 Å². The van der Waals surface area contributed by atoms with E-state index in [0.717, 1.165) is 56.7 Å². The van der Waals surface area contributed by atoms with E-state index in [9.17, 15) is 9.59 Å². The molecule has 126 valence electrons. The molecule has 3 rings (SSSR count). The van der Waals surface area contributed by atoms with Crippen molar-refractivity contribution in [2.75, 3.05) is 26.2 Å². The number of nitrogens with two attached hydrogens (primary N) is 1. The fourth-order valence-corrected chi connectivity index (χ4v) is 4.43. The third kappa shape index (κ3) is 3.90. The van der Waals surface area contributed by atoms with Gasteiger partial charge in [-0.05, 0) is 45.2 Å². The largest absolute Gasteiger partial charge is 0.369 e. The lowest BCUT2D eigenvalue weighted by Gasteiger charge is -2.39. The average molecular weight is 336 g/mol. The van der Waals surface area contributed by atoms with Crippen molar-refractivity contribution in [1.82, 2.24) is 14.8 Å². The van der Waals surface area contributed by atoms with E-state index in [-0.39, 0.29) is 23.8 Å². The molecular weight excluding hydrogens is 312 g/mol. The van der Waals surface area contributed by atoms with E-state index in [2.05, 4.69) is 9.88 Å². The molecule has 23 heavy (non-hydrogen) atoms. The molecule has 0 spiro atoms. The number of likely N-dealkylation sites (tertiary alicyclic amines) is 2. The zero-order chi connectivity index (χ0) is 16.2. The van der Waals surface area contributed by atoms with Crippen LogP contribution in [0, 0.1) is 5.92 Å². The first-order valence-corrected chi connectivity index (χ1v) is 9.23. The summed E-state index contributed by atoms with van der Waals surface area (Å²) in [4.78, 5) is 32.5. The highest BCUT2D eigenvalue weighted by Gasteiger charge is 2.35. The molecule has 0 saturated carbocycles.